The summed E-state index contributed by atoms with van der Waals surface area (Å²) in [5.74, 6) is -5.19. The highest BCUT2D eigenvalue weighted by Gasteiger charge is 2.40. The number of rotatable bonds is 7. The number of nitrogens with zero attached hydrogens (tertiary/aromatic N) is 1. The van der Waals surface area contributed by atoms with Crippen LogP contribution in [0.15, 0.2) is 40.8 Å². The van der Waals surface area contributed by atoms with Gasteiger partial charge in [0, 0.05) is 30.9 Å². The molecule has 6 N–H and O–H groups in total. The van der Waals surface area contributed by atoms with Crippen molar-refractivity contribution in [3.8, 4) is 5.75 Å². The van der Waals surface area contributed by atoms with Crippen LogP contribution in [0.3, 0.4) is 0 Å². The molecule has 3 rings (SSSR count). The molecule has 2 aromatic rings. The van der Waals surface area contributed by atoms with Crippen molar-refractivity contribution < 1.29 is 56.8 Å². The molecule has 1 saturated heterocycles. The van der Waals surface area contributed by atoms with E-state index in [1.165, 1.54) is 23.1 Å². The van der Waals surface area contributed by atoms with Crippen molar-refractivity contribution in [1.82, 2.24) is 4.90 Å². The van der Waals surface area contributed by atoms with Crippen LogP contribution < -0.4 is 10.5 Å². The van der Waals surface area contributed by atoms with E-state index in [4.69, 9.17) is 30.2 Å². The Morgan fingerprint density at radius 3 is 2.24 bits per heavy atom. The van der Waals surface area contributed by atoms with Crippen molar-refractivity contribution >= 4 is 29.7 Å². The lowest BCUT2D eigenvalue weighted by molar-refractivity contribution is -0.192. The zero-order valence-corrected chi connectivity index (χ0v) is 19.8. The van der Waals surface area contributed by atoms with Crippen LogP contribution in [0.5, 0.6) is 5.75 Å². The molecule has 1 aromatic heterocycles. The average molecular weight is 543 g/mol. The molecule has 206 valence electrons. The number of amidine groups is 1. The molecular weight excluding hydrogens is 519 g/mol. The zero-order valence-electron chi connectivity index (χ0n) is 19.8. The summed E-state index contributed by atoms with van der Waals surface area (Å²) in [7, 11) is 0. The van der Waals surface area contributed by atoms with E-state index in [2.05, 4.69) is 0 Å². The molecule has 1 unspecified atom stereocenters. The number of hydrogen-bond acceptors (Lipinski definition) is 8. The summed E-state index contributed by atoms with van der Waals surface area (Å²) in [5.41, 5.74) is 5.88. The molecule has 0 aliphatic carbocycles. The summed E-state index contributed by atoms with van der Waals surface area (Å²) >= 11 is 0. The van der Waals surface area contributed by atoms with E-state index in [0.717, 1.165) is 0 Å². The topological polar surface area (TPSA) is 204 Å². The molecule has 1 aliphatic heterocycles. The maximum absolute atomic E-state index is 12.7. The van der Waals surface area contributed by atoms with Crippen LogP contribution in [0.4, 0.5) is 13.2 Å². The van der Waals surface area contributed by atoms with Gasteiger partial charge in [-0.15, -0.1) is 0 Å². The Morgan fingerprint density at radius 1 is 1.16 bits per heavy atom. The SMILES string of the molecule is CC(Cc1ccc(C(=O)Oc2ccc(C(=N)N)cc2)o1)C(=O)N1C[C@H](O)C[C@@H]1C(=O)O.O=C(O)C(F)(F)F. The van der Waals surface area contributed by atoms with Crippen molar-refractivity contribution in [3.05, 3.63) is 53.5 Å². The number of β-amino-alcohol motifs (C(OH)–C–C–N with tert-alkyl or cyclic N) is 1. The molecule has 3 atom stereocenters. The molecule has 0 bridgehead atoms. The number of aliphatic hydroxyl groups is 1. The lowest BCUT2D eigenvalue weighted by atomic mass is 10.0. The van der Waals surface area contributed by atoms with Gasteiger partial charge in [0.05, 0.1) is 6.10 Å². The predicted molar refractivity (Wildman–Crippen MR) is 121 cm³/mol. The van der Waals surface area contributed by atoms with Crippen LogP contribution in [-0.2, 0) is 20.8 Å². The van der Waals surface area contributed by atoms with Crippen molar-refractivity contribution in [2.45, 2.75) is 38.1 Å². The zero-order chi connectivity index (χ0) is 28.8. The minimum atomic E-state index is -5.08. The fraction of sp³-hybridized carbons (Fsp3) is 0.348. The number of esters is 1. The lowest BCUT2D eigenvalue weighted by Crippen LogP contribution is -2.43. The van der Waals surface area contributed by atoms with Gasteiger partial charge < -0.3 is 35.1 Å². The first-order valence-electron chi connectivity index (χ1n) is 10.9. The van der Waals surface area contributed by atoms with E-state index >= 15 is 0 Å². The lowest BCUT2D eigenvalue weighted by Gasteiger charge is -2.24. The van der Waals surface area contributed by atoms with Gasteiger partial charge in [-0.25, -0.2) is 14.4 Å². The van der Waals surface area contributed by atoms with E-state index in [0.29, 0.717) is 11.3 Å². The smallest absolute Gasteiger partial charge is 0.480 e. The molecule has 0 radical (unpaired) electrons. The number of ether oxygens (including phenoxy) is 1. The summed E-state index contributed by atoms with van der Waals surface area (Å²) in [4.78, 5) is 46.3. The van der Waals surface area contributed by atoms with Gasteiger partial charge in [0.15, 0.2) is 0 Å². The van der Waals surface area contributed by atoms with Gasteiger partial charge in [-0.3, -0.25) is 10.2 Å². The Hall–Kier alpha value is -4.40. The molecule has 0 saturated carbocycles. The number of alkyl halides is 3. The first kappa shape index (κ1) is 29.8. The van der Waals surface area contributed by atoms with Gasteiger partial charge >= 0.3 is 24.1 Å². The van der Waals surface area contributed by atoms with Gasteiger partial charge in [-0.2, -0.15) is 13.2 Å². The molecule has 12 nitrogen and oxygen atoms in total. The Balaban J connectivity index is 0.000000638. The standard InChI is InChI=1S/C21H23N3O7.C2HF3O2/c1-11(19(26)24-10-13(25)9-16(24)20(27)28)8-15-6-7-17(30-15)21(29)31-14-4-2-12(3-5-14)18(22)23;3-2(4,5)1(6)7/h2-7,11,13,16,25H,8-10H2,1H3,(H3,22,23)(H,27,28);(H,6,7)/t11?,13-,16-;/m1./s1. The van der Waals surface area contributed by atoms with Crippen LogP contribution in [0.25, 0.3) is 0 Å². The number of carboxylic acids is 2. The van der Waals surface area contributed by atoms with E-state index in [-0.39, 0.29) is 36.7 Å². The third-order valence-corrected chi connectivity index (χ3v) is 5.26. The monoisotopic (exact) mass is 543 g/mol. The van der Waals surface area contributed by atoms with E-state index in [1.807, 2.05) is 0 Å². The summed E-state index contributed by atoms with van der Waals surface area (Å²) in [6, 6.07) is 8.02. The molecule has 2 heterocycles. The predicted octanol–water partition coefficient (Wildman–Crippen LogP) is 1.64. The van der Waals surface area contributed by atoms with Crippen LogP contribution in [0.2, 0.25) is 0 Å². The molecule has 1 amide bonds. The molecule has 15 heteroatoms. The van der Waals surface area contributed by atoms with Crippen LogP contribution in [-0.4, -0.2) is 74.7 Å². The van der Waals surface area contributed by atoms with E-state index < -0.39 is 48.1 Å². The summed E-state index contributed by atoms with van der Waals surface area (Å²) in [6.45, 7) is 1.60. The highest BCUT2D eigenvalue weighted by Crippen LogP contribution is 2.23. The maximum Gasteiger partial charge on any atom is 0.490 e. The fourth-order valence-electron chi connectivity index (χ4n) is 3.42. The Labute approximate surface area is 212 Å². The van der Waals surface area contributed by atoms with Gasteiger partial charge in [0.1, 0.15) is 23.4 Å². The van der Waals surface area contributed by atoms with Gasteiger partial charge in [0.25, 0.3) is 0 Å². The first-order valence-corrected chi connectivity index (χ1v) is 10.9. The summed E-state index contributed by atoms with van der Waals surface area (Å²) in [6.07, 6.45) is -5.80. The number of carboxylic acid groups (broad SMARTS) is 2. The third kappa shape index (κ3) is 8.06. The number of hydrogen-bond donors (Lipinski definition) is 5. The number of nitrogen functional groups attached to an aromatic ring is 1. The number of likely N-dealkylation sites (tertiary alicyclic amines) is 1. The Morgan fingerprint density at radius 2 is 1.74 bits per heavy atom. The van der Waals surface area contributed by atoms with Crippen molar-refractivity contribution in [3.63, 3.8) is 0 Å². The minimum absolute atomic E-state index is 0.00205. The third-order valence-electron chi connectivity index (χ3n) is 5.26. The van der Waals surface area contributed by atoms with Gasteiger partial charge in [-0.05, 0) is 36.4 Å². The summed E-state index contributed by atoms with van der Waals surface area (Å²) < 4.78 is 42.5. The molecular formula is C23H24F3N3O9. The quantitative estimate of drug-likeness (QED) is 0.148. The van der Waals surface area contributed by atoms with Crippen molar-refractivity contribution in [2.24, 2.45) is 11.7 Å². The molecule has 38 heavy (non-hydrogen) atoms. The molecule has 0 spiro atoms. The number of halogens is 3. The maximum atomic E-state index is 12.7. The number of carbonyl (C=O) groups excluding carboxylic acids is 2. The second kappa shape index (κ2) is 12.2. The van der Waals surface area contributed by atoms with Gasteiger partial charge in [-0.1, -0.05) is 6.92 Å². The van der Waals surface area contributed by atoms with Crippen molar-refractivity contribution in [1.29, 1.82) is 5.41 Å². The highest BCUT2D eigenvalue weighted by atomic mass is 19.4. The van der Waals surface area contributed by atoms with Gasteiger partial charge in [0.2, 0.25) is 11.7 Å². The Bertz CT molecular complexity index is 1190. The van der Waals surface area contributed by atoms with Crippen LogP contribution in [0, 0.1) is 11.3 Å². The number of nitrogens with one attached hydrogen (secondary N) is 1. The largest absolute Gasteiger partial charge is 0.490 e. The second-order valence-corrected chi connectivity index (χ2v) is 8.24. The number of aliphatic hydroxyl groups excluding tert-OH is 1. The first-order chi connectivity index (χ1) is 17.6. The summed E-state index contributed by atoms with van der Waals surface area (Å²) in [5, 5.41) is 33.5. The number of benzene rings is 1. The highest BCUT2D eigenvalue weighted by molar-refractivity contribution is 5.95. The molecule has 1 fully saturated rings. The van der Waals surface area contributed by atoms with Crippen LogP contribution in [0.1, 0.15) is 35.2 Å². The number of furan rings is 1. The number of nitrogens with two attached hydrogens (primary N) is 1. The average Bonchev–Trinajstić information content (AvgIpc) is 3.45. The minimum Gasteiger partial charge on any atom is -0.480 e. The number of aliphatic carboxylic acids is 2. The van der Waals surface area contributed by atoms with Crippen molar-refractivity contribution in [2.75, 3.05) is 6.54 Å². The number of amides is 1. The second-order valence-electron chi connectivity index (χ2n) is 8.24. The fourth-order valence-corrected chi connectivity index (χ4v) is 3.42. The molecule has 1 aromatic carbocycles. The molecule has 1 aliphatic rings. The number of carbonyl (C=O) groups is 4. The Kier molecular flexibility index (Phi) is 9.60. The van der Waals surface area contributed by atoms with E-state index in [9.17, 15) is 37.8 Å². The van der Waals surface area contributed by atoms with E-state index in [1.54, 1.807) is 25.1 Å². The van der Waals surface area contributed by atoms with Crippen LogP contribution >= 0.6 is 0 Å². The normalized spacial score (nSPS) is 17.7.